The van der Waals surface area contributed by atoms with Gasteiger partial charge in [-0.3, -0.25) is 0 Å². The number of nitrogens with zero attached hydrogens (tertiary/aromatic N) is 1. The molecule has 0 aliphatic carbocycles. The van der Waals surface area contributed by atoms with Crippen molar-refractivity contribution in [3.63, 3.8) is 0 Å². The molecule has 0 spiro atoms. The van der Waals surface area contributed by atoms with Crippen LogP contribution < -0.4 is 5.73 Å². The van der Waals surface area contributed by atoms with E-state index in [2.05, 4.69) is 11.2 Å². The van der Waals surface area contributed by atoms with Gasteiger partial charge in [0, 0.05) is 22.4 Å². The van der Waals surface area contributed by atoms with Gasteiger partial charge in [0.15, 0.2) is 0 Å². The third-order valence-corrected chi connectivity index (χ3v) is 3.54. The average Bonchev–Trinajstić information content (AvgIpc) is 2.35. The fourth-order valence-electron chi connectivity index (χ4n) is 0.798. The highest BCUT2D eigenvalue weighted by atomic mass is 32.2. The van der Waals surface area contributed by atoms with Crippen LogP contribution in [0.25, 0.3) is 0 Å². The summed E-state index contributed by atoms with van der Waals surface area (Å²) in [5.41, 5.74) is 5.69. The molecule has 1 aromatic rings. The smallest absolute Gasteiger partial charge is 0.103 e. The van der Waals surface area contributed by atoms with Crippen LogP contribution in [0.1, 0.15) is 23.7 Å². The Kier molecular flexibility index (Phi) is 3.15. The predicted molar refractivity (Wildman–Crippen MR) is 56.5 cm³/mol. The first kappa shape index (κ1) is 10.0. The molecule has 0 amide bonds. The molecular weight excluding hydrogens is 188 g/mol. The molecule has 1 heterocycles. The number of hydrogen-bond donors (Lipinski definition) is 1. The van der Waals surface area contributed by atoms with E-state index in [-0.39, 0.29) is 5.54 Å². The molecule has 0 radical (unpaired) electrons. The summed E-state index contributed by atoms with van der Waals surface area (Å²) in [7, 11) is 0. The monoisotopic (exact) mass is 202 g/mol. The second-order valence-electron chi connectivity index (χ2n) is 3.27. The van der Waals surface area contributed by atoms with Crippen LogP contribution >= 0.6 is 23.1 Å². The Morgan fingerprint density at radius 3 is 2.75 bits per heavy atom. The lowest BCUT2D eigenvalue weighted by Gasteiger charge is -2.14. The molecule has 68 valence electrons. The fourth-order valence-corrected chi connectivity index (χ4v) is 2.44. The van der Waals surface area contributed by atoms with Gasteiger partial charge < -0.3 is 5.73 Å². The van der Waals surface area contributed by atoms with E-state index in [9.17, 15) is 0 Å². The molecule has 4 heteroatoms. The summed E-state index contributed by atoms with van der Waals surface area (Å²) < 4.78 is 0. The Labute approximate surface area is 81.6 Å². The van der Waals surface area contributed by atoms with Crippen molar-refractivity contribution < 1.29 is 0 Å². The van der Waals surface area contributed by atoms with Gasteiger partial charge >= 0.3 is 0 Å². The van der Waals surface area contributed by atoms with Crippen LogP contribution in [0.4, 0.5) is 0 Å². The van der Waals surface area contributed by atoms with Gasteiger partial charge in [0.1, 0.15) is 5.01 Å². The number of rotatable bonds is 3. The van der Waals surface area contributed by atoms with Gasteiger partial charge in [-0.15, -0.1) is 11.3 Å². The van der Waals surface area contributed by atoms with Crippen molar-refractivity contribution in [1.82, 2.24) is 4.98 Å². The molecule has 0 saturated heterocycles. The minimum atomic E-state index is -0.242. The summed E-state index contributed by atoms with van der Waals surface area (Å²) in [5, 5.41) is 1.16. The van der Waals surface area contributed by atoms with Crippen LogP contribution in [0, 0.1) is 0 Å². The van der Waals surface area contributed by atoms with Crippen molar-refractivity contribution in [2.45, 2.75) is 25.1 Å². The van der Waals surface area contributed by atoms with E-state index in [1.165, 1.54) is 0 Å². The summed E-state index contributed by atoms with van der Waals surface area (Å²) in [6, 6.07) is 0. The van der Waals surface area contributed by atoms with E-state index in [1.807, 2.05) is 20.0 Å². The maximum atomic E-state index is 5.93. The predicted octanol–water partition coefficient (Wildman–Crippen LogP) is 2.20. The summed E-state index contributed by atoms with van der Waals surface area (Å²) in [6.45, 7) is 4.01. The van der Waals surface area contributed by atoms with Crippen LogP contribution in [0.3, 0.4) is 0 Å². The molecule has 0 saturated carbocycles. The van der Waals surface area contributed by atoms with E-state index in [1.54, 1.807) is 23.1 Å². The summed E-state index contributed by atoms with van der Waals surface area (Å²) in [4.78, 5) is 5.45. The Bertz CT molecular complexity index is 250. The Balaban J connectivity index is 2.77. The topological polar surface area (TPSA) is 38.9 Å². The highest BCUT2D eigenvalue weighted by molar-refractivity contribution is 7.97. The minimum Gasteiger partial charge on any atom is -0.321 e. The zero-order chi connectivity index (χ0) is 9.19. The Morgan fingerprint density at radius 1 is 1.67 bits per heavy atom. The molecule has 2 N–H and O–H groups in total. The first-order valence-corrected chi connectivity index (χ1v) is 5.98. The van der Waals surface area contributed by atoms with Crippen molar-refractivity contribution in [1.29, 1.82) is 0 Å². The molecule has 0 aliphatic rings. The third-order valence-electron chi connectivity index (χ3n) is 1.46. The van der Waals surface area contributed by atoms with Crippen LogP contribution in [0.15, 0.2) is 6.20 Å². The van der Waals surface area contributed by atoms with Crippen LogP contribution in [0.5, 0.6) is 0 Å². The lowest BCUT2D eigenvalue weighted by atomic mass is 10.1. The number of thioether (sulfide) groups is 1. The zero-order valence-corrected chi connectivity index (χ0v) is 9.26. The van der Waals surface area contributed by atoms with Crippen LogP contribution in [-0.2, 0) is 11.3 Å². The Morgan fingerprint density at radius 2 is 2.33 bits per heavy atom. The van der Waals surface area contributed by atoms with Crippen molar-refractivity contribution >= 4 is 23.1 Å². The first-order chi connectivity index (χ1) is 5.54. The maximum absolute atomic E-state index is 5.93. The standard InChI is InChI=1S/C8H14N2S2/c1-8(2,9)6-4-10-7(12-6)5-11-3/h4H,5,9H2,1-3H3. The summed E-state index contributed by atoms with van der Waals surface area (Å²) >= 11 is 3.49. The molecule has 0 fully saturated rings. The van der Waals surface area contributed by atoms with E-state index < -0.39 is 0 Å². The largest absolute Gasteiger partial charge is 0.321 e. The van der Waals surface area contributed by atoms with Gasteiger partial charge in [0.2, 0.25) is 0 Å². The van der Waals surface area contributed by atoms with Gasteiger partial charge in [-0.2, -0.15) is 11.8 Å². The van der Waals surface area contributed by atoms with Crippen molar-refractivity contribution in [3.8, 4) is 0 Å². The first-order valence-electron chi connectivity index (χ1n) is 3.77. The third kappa shape index (κ3) is 2.47. The zero-order valence-electron chi connectivity index (χ0n) is 7.63. The normalized spacial score (nSPS) is 12.0. The highest BCUT2D eigenvalue weighted by Gasteiger charge is 2.16. The molecule has 0 aromatic carbocycles. The maximum Gasteiger partial charge on any atom is 0.103 e. The summed E-state index contributed by atoms with van der Waals surface area (Å²) in [5.74, 6) is 0.987. The van der Waals surface area contributed by atoms with Gasteiger partial charge in [0.05, 0.1) is 0 Å². The van der Waals surface area contributed by atoms with Crippen molar-refractivity contribution in [2.75, 3.05) is 6.26 Å². The van der Waals surface area contributed by atoms with Crippen molar-refractivity contribution in [3.05, 3.63) is 16.1 Å². The van der Waals surface area contributed by atoms with E-state index >= 15 is 0 Å². The second kappa shape index (κ2) is 3.77. The quantitative estimate of drug-likeness (QED) is 0.816. The second-order valence-corrected chi connectivity index (χ2v) is 5.25. The van der Waals surface area contributed by atoms with E-state index in [0.29, 0.717) is 0 Å². The molecule has 0 unspecified atom stereocenters. The van der Waals surface area contributed by atoms with Crippen LogP contribution in [0.2, 0.25) is 0 Å². The lowest BCUT2D eigenvalue weighted by Crippen LogP contribution is -2.27. The molecule has 0 atom stereocenters. The van der Waals surface area contributed by atoms with E-state index in [4.69, 9.17) is 5.73 Å². The lowest BCUT2D eigenvalue weighted by molar-refractivity contribution is 0.566. The molecule has 1 rings (SSSR count). The van der Waals surface area contributed by atoms with Gasteiger partial charge in [-0.25, -0.2) is 4.98 Å². The molecule has 0 bridgehead atoms. The minimum absolute atomic E-state index is 0.242. The van der Waals surface area contributed by atoms with Gasteiger partial charge in [0.25, 0.3) is 0 Å². The van der Waals surface area contributed by atoms with Gasteiger partial charge in [-0.05, 0) is 20.1 Å². The molecule has 0 aliphatic heterocycles. The van der Waals surface area contributed by atoms with Crippen LogP contribution in [-0.4, -0.2) is 11.2 Å². The summed E-state index contributed by atoms with van der Waals surface area (Å²) in [6.07, 6.45) is 3.96. The highest BCUT2D eigenvalue weighted by Crippen LogP contribution is 2.25. The number of aromatic nitrogens is 1. The average molecular weight is 202 g/mol. The Hall–Kier alpha value is -0.0600. The number of nitrogens with two attached hydrogens (primary N) is 1. The molecule has 12 heavy (non-hydrogen) atoms. The number of hydrogen-bond acceptors (Lipinski definition) is 4. The number of thiazole rings is 1. The molecule has 1 aromatic heterocycles. The fraction of sp³-hybridized carbons (Fsp3) is 0.625. The van der Waals surface area contributed by atoms with Gasteiger partial charge in [-0.1, -0.05) is 0 Å². The van der Waals surface area contributed by atoms with Crippen molar-refractivity contribution in [2.24, 2.45) is 5.73 Å². The molecular formula is C8H14N2S2. The van der Waals surface area contributed by atoms with E-state index in [0.717, 1.165) is 15.6 Å². The SMILES string of the molecule is CSCc1ncc(C(C)(C)N)s1. The molecule has 2 nitrogen and oxygen atoms in total.